The molecule has 224 valence electrons. The van der Waals surface area contributed by atoms with Gasteiger partial charge in [0.05, 0.1) is 17.8 Å². The first kappa shape index (κ1) is 28.0. The average Bonchev–Trinajstić information content (AvgIpc) is 3.55. The summed E-state index contributed by atoms with van der Waals surface area (Å²) in [6, 6.07) is 12.7. The summed E-state index contributed by atoms with van der Waals surface area (Å²) in [6.07, 6.45) is 2.17. The smallest absolute Gasteiger partial charge is 0.478 e. The molecule has 8 nitrogen and oxygen atoms in total. The lowest BCUT2D eigenvalue weighted by atomic mass is 9.59. The van der Waals surface area contributed by atoms with Crippen molar-refractivity contribution in [1.82, 2.24) is 15.4 Å². The topological polar surface area (TPSA) is 108 Å². The van der Waals surface area contributed by atoms with E-state index < -0.39 is 12.3 Å². The number of aromatic carboxylic acids is 1. The lowest BCUT2D eigenvalue weighted by Crippen LogP contribution is -2.49. The summed E-state index contributed by atoms with van der Waals surface area (Å²) in [6.45, 7) is 0.195. The average molecular weight is 612 g/mol. The van der Waals surface area contributed by atoms with Crippen molar-refractivity contribution in [2.75, 3.05) is 0 Å². The Morgan fingerprint density at radius 1 is 1.02 bits per heavy atom. The Labute approximate surface area is 248 Å². The fraction of sp³-hybridized carbons (Fsp3) is 0.419. The molecule has 1 N–H and O–H groups in total. The Hall–Kier alpha value is -3.77. The molecule has 0 radical (unpaired) electrons. The van der Waals surface area contributed by atoms with Crippen LogP contribution in [0.15, 0.2) is 53.1 Å². The van der Waals surface area contributed by atoms with Gasteiger partial charge in [0.25, 0.3) is 0 Å². The van der Waals surface area contributed by atoms with Gasteiger partial charge < -0.3 is 19.1 Å². The molecule has 4 aliphatic carbocycles. The van der Waals surface area contributed by atoms with Crippen molar-refractivity contribution in [2.24, 2.45) is 0 Å². The number of carboxylic acids is 1. The number of carboxylic acid groups (broad SMARTS) is 1. The predicted molar refractivity (Wildman–Crippen MR) is 150 cm³/mol. The Balaban J connectivity index is 1.08. The Morgan fingerprint density at radius 2 is 1.77 bits per heavy atom. The second-order valence-electron chi connectivity index (χ2n) is 11.7. The van der Waals surface area contributed by atoms with Crippen LogP contribution >= 0.6 is 11.3 Å². The summed E-state index contributed by atoms with van der Waals surface area (Å²) < 4.78 is 56.1. The van der Waals surface area contributed by atoms with Crippen molar-refractivity contribution in [3.63, 3.8) is 0 Å². The van der Waals surface area contributed by atoms with E-state index >= 15 is 0 Å². The van der Waals surface area contributed by atoms with Gasteiger partial charge in [0, 0.05) is 28.0 Å². The van der Waals surface area contributed by atoms with Crippen LogP contribution in [0, 0.1) is 0 Å². The molecule has 0 atom stereocenters. The molecule has 8 rings (SSSR count). The first-order valence-electron chi connectivity index (χ1n) is 14.3. The van der Waals surface area contributed by atoms with Gasteiger partial charge in [0.15, 0.2) is 0 Å². The molecule has 0 spiro atoms. The van der Waals surface area contributed by atoms with Gasteiger partial charge in [-0.15, -0.1) is 23.4 Å². The minimum atomic E-state index is -4.83. The van der Waals surface area contributed by atoms with Crippen LogP contribution < -0.4 is 4.74 Å². The van der Waals surface area contributed by atoms with Crippen molar-refractivity contribution in [3.05, 3.63) is 70.4 Å². The molecule has 0 saturated heterocycles. The molecule has 2 bridgehead atoms. The van der Waals surface area contributed by atoms with Gasteiger partial charge in [0.2, 0.25) is 0 Å². The van der Waals surface area contributed by atoms with E-state index in [0.29, 0.717) is 22.0 Å². The molecule has 4 aromatic rings. The number of aromatic nitrogens is 3. The lowest BCUT2D eigenvalue weighted by molar-refractivity contribution is -0.274. The third kappa shape index (κ3) is 5.42. The van der Waals surface area contributed by atoms with Gasteiger partial charge in [-0.05, 0) is 75.6 Å². The van der Waals surface area contributed by atoms with Crippen LogP contribution in [-0.4, -0.2) is 38.4 Å². The van der Waals surface area contributed by atoms with Crippen LogP contribution in [0.2, 0.25) is 0 Å². The second-order valence-corrected chi connectivity index (χ2v) is 12.7. The van der Waals surface area contributed by atoms with Crippen molar-refractivity contribution < 1.29 is 37.1 Å². The van der Waals surface area contributed by atoms with E-state index in [0.717, 1.165) is 61.9 Å². The third-order valence-electron chi connectivity index (χ3n) is 9.07. The molecule has 0 unspecified atom stereocenters. The number of carbonyl (C=O) groups is 1. The first-order valence-corrected chi connectivity index (χ1v) is 15.1. The molecule has 0 amide bonds. The minimum absolute atomic E-state index is 0.0964. The second kappa shape index (κ2) is 10.4. The van der Waals surface area contributed by atoms with Crippen LogP contribution in [0.4, 0.5) is 13.2 Å². The highest BCUT2D eigenvalue weighted by Gasteiger charge is 2.52. The highest BCUT2D eigenvalue weighted by atomic mass is 32.1. The molecule has 2 aromatic carbocycles. The van der Waals surface area contributed by atoms with Crippen LogP contribution in [0.3, 0.4) is 0 Å². The number of para-hydroxylation sites is 1. The fourth-order valence-corrected chi connectivity index (χ4v) is 7.58. The molecule has 2 aromatic heterocycles. The molecule has 4 aliphatic rings. The molecule has 4 saturated carbocycles. The molecule has 4 fully saturated rings. The van der Waals surface area contributed by atoms with Crippen LogP contribution in [0.1, 0.15) is 84.0 Å². The third-order valence-corrected chi connectivity index (χ3v) is 10.3. The number of hydrogen-bond donors (Lipinski definition) is 1. The molecular weight excluding hydrogens is 583 g/mol. The number of hydrogen-bond acceptors (Lipinski definition) is 8. The number of alkyl halides is 3. The summed E-state index contributed by atoms with van der Waals surface area (Å²) in [7, 11) is 0. The molecule has 0 aliphatic heterocycles. The minimum Gasteiger partial charge on any atom is -0.478 e. The van der Waals surface area contributed by atoms with E-state index in [1.807, 2.05) is 6.07 Å². The van der Waals surface area contributed by atoms with E-state index in [4.69, 9.17) is 9.26 Å². The Kier molecular flexibility index (Phi) is 6.81. The highest BCUT2D eigenvalue weighted by molar-refractivity contribution is 7.14. The lowest BCUT2D eigenvalue weighted by Gasteiger charge is -2.52. The monoisotopic (exact) mass is 611 g/mol. The zero-order valence-electron chi connectivity index (χ0n) is 23.0. The van der Waals surface area contributed by atoms with Gasteiger partial charge in [-0.25, -0.2) is 4.79 Å². The zero-order valence-corrected chi connectivity index (χ0v) is 23.8. The van der Waals surface area contributed by atoms with Crippen LogP contribution in [0.25, 0.3) is 21.8 Å². The van der Waals surface area contributed by atoms with Crippen molar-refractivity contribution in [2.45, 2.75) is 81.3 Å². The van der Waals surface area contributed by atoms with Crippen LogP contribution in [0.5, 0.6) is 5.75 Å². The summed E-state index contributed by atoms with van der Waals surface area (Å²) >= 11 is 1.52. The largest absolute Gasteiger partial charge is 0.573 e. The maximum absolute atomic E-state index is 13.1. The van der Waals surface area contributed by atoms with E-state index in [1.165, 1.54) is 23.5 Å². The van der Waals surface area contributed by atoms with Crippen molar-refractivity contribution >= 4 is 17.3 Å². The molecular formula is C31H28F3N3O5S. The first-order chi connectivity index (χ1) is 20.6. The van der Waals surface area contributed by atoms with E-state index in [-0.39, 0.29) is 40.4 Å². The zero-order chi connectivity index (χ0) is 29.8. The number of halogens is 3. The molecule has 43 heavy (non-hydrogen) atoms. The Morgan fingerprint density at radius 3 is 2.47 bits per heavy atom. The summed E-state index contributed by atoms with van der Waals surface area (Å²) in [5, 5.41) is 24.2. The predicted octanol–water partition coefficient (Wildman–Crippen LogP) is 7.90. The number of benzene rings is 2. The number of ether oxygens (including phenoxy) is 2. The quantitative estimate of drug-likeness (QED) is 0.204. The van der Waals surface area contributed by atoms with Gasteiger partial charge in [-0.3, -0.25) is 0 Å². The van der Waals surface area contributed by atoms with Gasteiger partial charge in [-0.1, -0.05) is 40.8 Å². The van der Waals surface area contributed by atoms with Crippen molar-refractivity contribution in [1.29, 1.82) is 0 Å². The van der Waals surface area contributed by atoms with Crippen molar-refractivity contribution in [3.8, 4) is 27.6 Å². The van der Waals surface area contributed by atoms with Gasteiger partial charge in [0.1, 0.15) is 27.2 Å². The summed E-state index contributed by atoms with van der Waals surface area (Å²) in [5.74, 6) is -0.428. The summed E-state index contributed by atoms with van der Waals surface area (Å²) in [5.41, 5.74) is 1.74. The normalized spacial score (nSPS) is 23.4. The molecule has 2 heterocycles. The fourth-order valence-electron chi connectivity index (χ4n) is 6.47. The maximum atomic E-state index is 13.1. The molecule has 12 heteroatoms. The Bertz CT molecular complexity index is 1650. The van der Waals surface area contributed by atoms with Gasteiger partial charge in [-0.2, -0.15) is 0 Å². The van der Waals surface area contributed by atoms with E-state index in [9.17, 15) is 23.1 Å². The van der Waals surface area contributed by atoms with Gasteiger partial charge >= 0.3 is 12.3 Å². The van der Waals surface area contributed by atoms with Crippen LogP contribution in [-0.2, 0) is 16.8 Å². The van der Waals surface area contributed by atoms with E-state index in [2.05, 4.69) is 20.1 Å². The number of rotatable bonds is 9. The summed E-state index contributed by atoms with van der Waals surface area (Å²) in [4.78, 5) is 11.4. The number of nitrogens with zero attached hydrogens (tertiary/aromatic N) is 3. The SMILES string of the molecule is O=C(O)c1cccc(-c2nnc(C34CCC(OCc5c(-c6ccccc6OC(F)(F)F)noc5C5CC5)(CC3)CC4)s2)c1. The maximum Gasteiger partial charge on any atom is 0.573 e. The number of fused-ring (bicyclic) bond motifs is 3. The standard InChI is InChI=1S/C31H28F3N3O5S/c32-31(33,34)41-23-7-2-1-6-21(23)24-22(25(42-37-24)18-8-9-18)17-40-30-13-10-29(11-14-30,12-15-30)28-36-35-26(43-28)19-4-3-5-20(16-19)27(38)39/h1-7,16,18H,8-15,17H2,(H,38,39). The highest BCUT2D eigenvalue weighted by Crippen LogP contribution is 2.56. The van der Waals surface area contributed by atoms with E-state index in [1.54, 1.807) is 30.3 Å².